The lowest BCUT2D eigenvalue weighted by Crippen LogP contribution is -2.46. The summed E-state index contributed by atoms with van der Waals surface area (Å²) in [5, 5.41) is 13.5. The van der Waals surface area contributed by atoms with Gasteiger partial charge in [-0.2, -0.15) is 0 Å². The monoisotopic (exact) mass is 504 g/mol. The molecule has 6 rings (SSSR count). The molecular weight excluding hydrogens is 476 g/mol. The number of nitrogens with one attached hydrogen (secondary N) is 1. The molecule has 3 aliphatic rings. The summed E-state index contributed by atoms with van der Waals surface area (Å²) in [4.78, 5) is 34.5. The van der Waals surface area contributed by atoms with Gasteiger partial charge in [0.2, 0.25) is 0 Å². The SMILES string of the molecule is C#CC12CCC(c3nc4c([C@@H](C)Nc5ccc(Cl)nc5C(=O)O)cc(C)cc4c(=O)n3C)(CC1)CC2. The van der Waals surface area contributed by atoms with Crippen LogP contribution < -0.4 is 10.9 Å². The number of hydrogen-bond donors (Lipinski definition) is 2. The fraction of sp³-hybridized carbons (Fsp3) is 0.429. The molecule has 2 N–H and O–H groups in total. The van der Waals surface area contributed by atoms with Crippen LogP contribution in [0.15, 0.2) is 29.1 Å². The Bertz CT molecular complexity index is 1480. The lowest BCUT2D eigenvalue weighted by Gasteiger charge is -2.51. The topological polar surface area (TPSA) is 97.1 Å². The van der Waals surface area contributed by atoms with E-state index in [1.54, 1.807) is 16.7 Å². The Balaban J connectivity index is 1.62. The maximum atomic E-state index is 13.6. The molecule has 3 fully saturated rings. The van der Waals surface area contributed by atoms with E-state index in [1.165, 1.54) is 0 Å². The number of aryl methyl sites for hydroxylation is 1. The number of hydrogen-bond acceptors (Lipinski definition) is 5. The van der Waals surface area contributed by atoms with E-state index < -0.39 is 5.97 Å². The van der Waals surface area contributed by atoms with Crippen LogP contribution in [0.5, 0.6) is 0 Å². The highest BCUT2D eigenvalue weighted by molar-refractivity contribution is 6.29. The number of anilines is 1. The van der Waals surface area contributed by atoms with Crippen molar-refractivity contribution in [3.63, 3.8) is 0 Å². The molecule has 0 spiro atoms. The third-order valence-corrected chi connectivity index (χ3v) is 8.49. The zero-order valence-corrected chi connectivity index (χ0v) is 21.4. The number of benzene rings is 1. The number of carboxylic acids is 1. The molecule has 0 unspecified atom stereocenters. The van der Waals surface area contributed by atoms with Crippen molar-refractivity contribution in [2.24, 2.45) is 12.5 Å². The van der Waals surface area contributed by atoms with Gasteiger partial charge in [0, 0.05) is 23.4 Å². The number of fused-ring (bicyclic) bond motifs is 4. The maximum Gasteiger partial charge on any atom is 0.356 e. The Morgan fingerprint density at radius 1 is 1.19 bits per heavy atom. The van der Waals surface area contributed by atoms with Crippen LogP contribution in [0.4, 0.5) is 5.69 Å². The summed E-state index contributed by atoms with van der Waals surface area (Å²) in [7, 11) is 1.82. The molecule has 2 aromatic heterocycles. The Labute approximate surface area is 214 Å². The Morgan fingerprint density at radius 3 is 2.47 bits per heavy atom. The van der Waals surface area contributed by atoms with Crippen molar-refractivity contribution in [3.8, 4) is 12.3 Å². The number of nitrogens with zero attached hydrogens (tertiary/aromatic N) is 3. The van der Waals surface area contributed by atoms with Crippen LogP contribution in [0.3, 0.4) is 0 Å². The molecule has 0 amide bonds. The Morgan fingerprint density at radius 2 is 1.86 bits per heavy atom. The smallest absolute Gasteiger partial charge is 0.356 e. The summed E-state index contributed by atoms with van der Waals surface area (Å²) in [6.45, 7) is 3.87. The van der Waals surface area contributed by atoms with Gasteiger partial charge in [0.15, 0.2) is 5.69 Å². The van der Waals surface area contributed by atoms with E-state index in [9.17, 15) is 14.7 Å². The van der Waals surface area contributed by atoms with Crippen LogP contribution in [0.25, 0.3) is 10.9 Å². The number of carbonyl (C=O) groups is 1. The van der Waals surface area contributed by atoms with Crippen LogP contribution in [-0.2, 0) is 12.5 Å². The largest absolute Gasteiger partial charge is 0.476 e. The van der Waals surface area contributed by atoms with Gasteiger partial charge >= 0.3 is 5.97 Å². The summed E-state index contributed by atoms with van der Waals surface area (Å²) in [6.07, 6.45) is 11.5. The van der Waals surface area contributed by atoms with Gasteiger partial charge in [-0.25, -0.2) is 14.8 Å². The van der Waals surface area contributed by atoms with E-state index in [2.05, 4.69) is 16.2 Å². The fourth-order valence-electron chi connectivity index (χ4n) is 6.12. The molecule has 0 aliphatic heterocycles. The van der Waals surface area contributed by atoms with Crippen molar-refractivity contribution in [2.45, 2.75) is 63.8 Å². The lowest BCUT2D eigenvalue weighted by molar-refractivity contribution is 0.0691. The van der Waals surface area contributed by atoms with Crippen molar-refractivity contribution in [1.82, 2.24) is 14.5 Å². The van der Waals surface area contributed by atoms with E-state index >= 15 is 0 Å². The molecule has 0 radical (unpaired) electrons. The number of terminal acetylenes is 1. The molecule has 1 aromatic carbocycles. The maximum absolute atomic E-state index is 13.6. The molecule has 2 heterocycles. The molecule has 186 valence electrons. The molecule has 3 aromatic rings. The second-order valence-electron chi connectivity index (χ2n) is 10.5. The first-order chi connectivity index (χ1) is 17.1. The van der Waals surface area contributed by atoms with Gasteiger partial charge in [0.05, 0.1) is 22.6 Å². The zero-order valence-electron chi connectivity index (χ0n) is 20.7. The molecule has 0 saturated heterocycles. The summed E-state index contributed by atoms with van der Waals surface area (Å²) < 4.78 is 1.73. The summed E-state index contributed by atoms with van der Waals surface area (Å²) in [6, 6.07) is 6.69. The first-order valence-corrected chi connectivity index (χ1v) is 12.6. The number of pyridine rings is 1. The second-order valence-corrected chi connectivity index (χ2v) is 10.8. The van der Waals surface area contributed by atoms with Crippen molar-refractivity contribution < 1.29 is 9.90 Å². The number of aromatic nitrogens is 3. The minimum atomic E-state index is -1.17. The minimum Gasteiger partial charge on any atom is -0.476 e. The predicted octanol–water partition coefficient (Wildman–Crippen LogP) is 5.39. The average Bonchev–Trinajstić information content (AvgIpc) is 2.88. The quantitative estimate of drug-likeness (QED) is 0.357. The lowest BCUT2D eigenvalue weighted by atomic mass is 9.53. The van der Waals surface area contributed by atoms with Crippen LogP contribution in [0, 0.1) is 24.7 Å². The molecule has 3 saturated carbocycles. The van der Waals surface area contributed by atoms with Gasteiger partial charge in [-0.1, -0.05) is 23.6 Å². The van der Waals surface area contributed by atoms with Crippen LogP contribution in [0.1, 0.15) is 78.9 Å². The molecule has 3 aliphatic carbocycles. The molecule has 8 heteroatoms. The first kappa shape index (κ1) is 24.3. The van der Waals surface area contributed by atoms with Gasteiger partial charge in [0.25, 0.3) is 5.56 Å². The molecule has 2 bridgehead atoms. The third kappa shape index (κ3) is 3.84. The van der Waals surface area contributed by atoms with E-state index in [-0.39, 0.29) is 33.3 Å². The number of rotatable bonds is 5. The predicted molar refractivity (Wildman–Crippen MR) is 141 cm³/mol. The number of aromatic carboxylic acids is 1. The first-order valence-electron chi connectivity index (χ1n) is 12.2. The van der Waals surface area contributed by atoms with Crippen molar-refractivity contribution in [2.75, 3.05) is 5.32 Å². The van der Waals surface area contributed by atoms with E-state index in [1.807, 2.05) is 33.0 Å². The summed E-state index contributed by atoms with van der Waals surface area (Å²) >= 11 is 5.92. The van der Waals surface area contributed by atoms with Crippen molar-refractivity contribution in [3.05, 3.63) is 62.4 Å². The third-order valence-electron chi connectivity index (χ3n) is 8.28. The minimum absolute atomic E-state index is 0.00731. The van der Waals surface area contributed by atoms with Gasteiger partial charge in [-0.3, -0.25) is 9.36 Å². The van der Waals surface area contributed by atoms with E-state index in [0.29, 0.717) is 16.6 Å². The van der Waals surface area contributed by atoms with Gasteiger partial charge in [-0.05, 0) is 76.1 Å². The number of carboxylic acid groups (broad SMARTS) is 1. The molecule has 7 nitrogen and oxygen atoms in total. The molecule has 36 heavy (non-hydrogen) atoms. The second kappa shape index (κ2) is 8.63. The summed E-state index contributed by atoms with van der Waals surface area (Å²) in [5.41, 5.74) is 2.36. The molecule has 1 atom stereocenters. The van der Waals surface area contributed by atoms with Crippen molar-refractivity contribution in [1.29, 1.82) is 0 Å². The normalized spacial score (nSPS) is 23.9. The number of halogens is 1. The van der Waals surface area contributed by atoms with Crippen LogP contribution in [0.2, 0.25) is 5.15 Å². The Hall–Kier alpha value is -3.37. The van der Waals surface area contributed by atoms with Crippen molar-refractivity contribution >= 4 is 34.2 Å². The highest BCUT2D eigenvalue weighted by atomic mass is 35.5. The van der Waals surface area contributed by atoms with Crippen LogP contribution in [-0.4, -0.2) is 25.6 Å². The highest BCUT2D eigenvalue weighted by Crippen LogP contribution is 2.57. The van der Waals surface area contributed by atoms with E-state index in [0.717, 1.165) is 55.5 Å². The van der Waals surface area contributed by atoms with Crippen LogP contribution >= 0.6 is 11.6 Å². The summed E-state index contributed by atoms with van der Waals surface area (Å²) in [5.74, 6) is 2.69. The molecular formula is C28H29ClN4O3. The van der Waals surface area contributed by atoms with Gasteiger partial charge < -0.3 is 10.4 Å². The fourth-order valence-corrected chi connectivity index (χ4v) is 6.27. The standard InChI is InChI=1S/C28H29ClN4O3/c1-5-27-8-11-28(12-9-27,13-10-27)26-32-22-18(14-16(2)15-19(22)24(34)33(26)4)17(3)30-20-6-7-21(29)31-23(20)25(35)36/h1,6-7,14-15,17,30H,8-13H2,2-4H3,(H,35,36)/t17-,27?,28?/m1/s1. The van der Waals surface area contributed by atoms with E-state index in [4.69, 9.17) is 23.0 Å². The van der Waals surface area contributed by atoms with Gasteiger partial charge in [0.1, 0.15) is 11.0 Å². The Kier molecular flexibility index (Phi) is 5.83. The van der Waals surface area contributed by atoms with Gasteiger partial charge in [-0.15, -0.1) is 6.42 Å². The zero-order chi connectivity index (χ0) is 25.8. The average molecular weight is 505 g/mol. The highest BCUT2D eigenvalue weighted by Gasteiger charge is 2.50.